The number of hydrogen-bond donors (Lipinski definition) is 2. The number of carboxylic acids is 1. The summed E-state index contributed by atoms with van der Waals surface area (Å²) in [5.41, 5.74) is 1.58. The molecule has 3 nitrogen and oxygen atoms in total. The van der Waals surface area contributed by atoms with E-state index in [1.54, 1.807) is 6.08 Å². The predicted octanol–water partition coefficient (Wildman–Crippen LogP) is 0.894. The standard InChI is InChI=1S/C8H11NO2/c1-9-7-4-2-6(3-5-7)8(10)11/h2,4,9H,3,5H2,1H3,(H,10,11). The maximum atomic E-state index is 10.4. The summed E-state index contributed by atoms with van der Waals surface area (Å²) in [5, 5.41) is 11.6. The molecule has 0 aromatic heterocycles. The monoisotopic (exact) mass is 153 g/mol. The first-order valence-electron chi connectivity index (χ1n) is 3.55. The molecule has 3 heteroatoms. The minimum Gasteiger partial charge on any atom is -0.478 e. The van der Waals surface area contributed by atoms with Crippen molar-refractivity contribution in [1.82, 2.24) is 5.32 Å². The second-order valence-electron chi connectivity index (χ2n) is 2.44. The molecule has 0 saturated carbocycles. The van der Waals surface area contributed by atoms with Crippen molar-refractivity contribution < 1.29 is 9.90 Å². The fourth-order valence-corrected chi connectivity index (χ4v) is 1.02. The zero-order chi connectivity index (χ0) is 8.27. The summed E-state index contributed by atoms with van der Waals surface area (Å²) in [6, 6.07) is 0. The molecule has 0 atom stereocenters. The molecule has 0 aromatic rings. The zero-order valence-corrected chi connectivity index (χ0v) is 6.42. The van der Waals surface area contributed by atoms with Gasteiger partial charge in [0.25, 0.3) is 0 Å². The third kappa shape index (κ3) is 1.83. The number of carbonyl (C=O) groups is 1. The molecule has 0 unspecified atom stereocenters. The second-order valence-corrected chi connectivity index (χ2v) is 2.44. The van der Waals surface area contributed by atoms with E-state index in [2.05, 4.69) is 5.32 Å². The summed E-state index contributed by atoms with van der Waals surface area (Å²) in [6.07, 6.45) is 4.89. The van der Waals surface area contributed by atoms with Gasteiger partial charge in [-0.05, 0) is 18.9 Å². The van der Waals surface area contributed by atoms with Crippen LogP contribution in [0.5, 0.6) is 0 Å². The fraction of sp³-hybridized carbons (Fsp3) is 0.375. The highest BCUT2D eigenvalue weighted by Gasteiger charge is 2.10. The summed E-state index contributed by atoms with van der Waals surface area (Å²) >= 11 is 0. The molecule has 1 rings (SSSR count). The molecule has 2 N–H and O–H groups in total. The van der Waals surface area contributed by atoms with Gasteiger partial charge in [0.2, 0.25) is 0 Å². The zero-order valence-electron chi connectivity index (χ0n) is 6.42. The summed E-state index contributed by atoms with van der Waals surface area (Å²) in [5.74, 6) is -0.809. The molecule has 0 spiro atoms. The van der Waals surface area contributed by atoms with Crippen LogP contribution < -0.4 is 5.32 Å². The van der Waals surface area contributed by atoms with Crippen molar-refractivity contribution in [2.75, 3.05) is 7.05 Å². The Morgan fingerprint density at radius 2 is 2.27 bits per heavy atom. The molecule has 11 heavy (non-hydrogen) atoms. The third-order valence-electron chi connectivity index (χ3n) is 1.75. The first kappa shape index (κ1) is 7.85. The first-order chi connectivity index (χ1) is 5.24. The topological polar surface area (TPSA) is 49.3 Å². The van der Waals surface area contributed by atoms with Gasteiger partial charge in [0.1, 0.15) is 0 Å². The largest absolute Gasteiger partial charge is 0.478 e. The minimum atomic E-state index is -0.809. The van der Waals surface area contributed by atoms with Gasteiger partial charge in [-0.15, -0.1) is 0 Å². The number of allylic oxidation sites excluding steroid dienone is 3. The Morgan fingerprint density at radius 3 is 2.64 bits per heavy atom. The number of rotatable bonds is 2. The molecule has 0 aromatic carbocycles. The van der Waals surface area contributed by atoms with Crippen LogP contribution in [-0.4, -0.2) is 18.1 Å². The van der Waals surface area contributed by atoms with Crippen LogP contribution in [0, 0.1) is 0 Å². The Labute approximate surface area is 65.4 Å². The summed E-state index contributed by atoms with van der Waals surface area (Å²) in [4.78, 5) is 10.4. The lowest BCUT2D eigenvalue weighted by Gasteiger charge is -2.10. The van der Waals surface area contributed by atoms with E-state index < -0.39 is 5.97 Å². The average molecular weight is 153 g/mol. The van der Waals surface area contributed by atoms with Gasteiger partial charge in [-0.1, -0.05) is 6.08 Å². The van der Waals surface area contributed by atoms with Crippen molar-refractivity contribution in [3.63, 3.8) is 0 Å². The van der Waals surface area contributed by atoms with E-state index in [0.29, 0.717) is 12.0 Å². The Kier molecular flexibility index (Phi) is 2.31. The van der Waals surface area contributed by atoms with Gasteiger partial charge in [0.05, 0.1) is 0 Å². The van der Waals surface area contributed by atoms with Gasteiger partial charge in [-0.2, -0.15) is 0 Å². The molecular weight excluding hydrogens is 142 g/mol. The Bertz CT molecular complexity index is 228. The maximum Gasteiger partial charge on any atom is 0.331 e. The first-order valence-corrected chi connectivity index (χ1v) is 3.55. The highest BCUT2D eigenvalue weighted by molar-refractivity contribution is 5.87. The Morgan fingerprint density at radius 1 is 1.55 bits per heavy atom. The molecule has 60 valence electrons. The molecule has 1 aliphatic rings. The molecule has 0 heterocycles. The van der Waals surface area contributed by atoms with Gasteiger partial charge in [-0.3, -0.25) is 0 Å². The molecule has 0 radical (unpaired) electrons. The molecule has 0 bridgehead atoms. The summed E-state index contributed by atoms with van der Waals surface area (Å²) < 4.78 is 0. The average Bonchev–Trinajstić information content (AvgIpc) is 2.05. The smallest absolute Gasteiger partial charge is 0.331 e. The highest BCUT2D eigenvalue weighted by Crippen LogP contribution is 2.15. The van der Waals surface area contributed by atoms with Crippen molar-refractivity contribution in [3.8, 4) is 0 Å². The van der Waals surface area contributed by atoms with Gasteiger partial charge in [-0.25, -0.2) is 4.79 Å². The number of carboxylic acid groups (broad SMARTS) is 1. The summed E-state index contributed by atoms with van der Waals surface area (Å²) in [7, 11) is 1.84. The van der Waals surface area contributed by atoms with E-state index >= 15 is 0 Å². The second kappa shape index (κ2) is 3.23. The predicted molar refractivity (Wildman–Crippen MR) is 42.1 cm³/mol. The van der Waals surface area contributed by atoms with E-state index in [1.807, 2.05) is 13.1 Å². The number of hydrogen-bond acceptors (Lipinski definition) is 2. The van der Waals surface area contributed by atoms with Crippen LogP contribution in [0.1, 0.15) is 12.8 Å². The van der Waals surface area contributed by atoms with Gasteiger partial charge >= 0.3 is 5.97 Å². The lowest BCUT2D eigenvalue weighted by atomic mass is 10.0. The lowest BCUT2D eigenvalue weighted by molar-refractivity contribution is -0.132. The molecule has 0 amide bonds. The Balaban J connectivity index is 2.69. The van der Waals surface area contributed by atoms with Crippen LogP contribution in [0.25, 0.3) is 0 Å². The quantitative estimate of drug-likeness (QED) is 0.619. The highest BCUT2D eigenvalue weighted by atomic mass is 16.4. The van der Waals surface area contributed by atoms with Crippen molar-refractivity contribution >= 4 is 5.97 Å². The van der Waals surface area contributed by atoms with Crippen molar-refractivity contribution in [2.45, 2.75) is 12.8 Å². The van der Waals surface area contributed by atoms with Gasteiger partial charge in [0.15, 0.2) is 0 Å². The molecular formula is C8H11NO2. The molecule has 0 saturated heterocycles. The van der Waals surface area contributed by atoms with Crippen LogP contribution in [0.3, 0.4) is 0 Å². The van der Waals surface area contributed by atoms with Crippen LogP contribution in [0.2, 0.25) is 0 Å². The van der Waals surface area contributed by atoms with Crippen LogP contribution >= 0.6 is 0 Å². The third-order valence-corrected chi connectivity index (χ3v) is 1.75. The van der Waals surface area contributed by atoms with Crippen molar-refractivity contribution in [2.24, 2.45) is 0 Å². The van der Waals surface area contributed by atoms with Crippen LogP contribution in [0.15, 0.2) is 23.4 Å². The number of aliphatic carboxylic acids is 1. The number of nitrogens with one attached hydrogen (secondary N) is 1. The SMILES string of the molecule is CNC1=CC=C(C(=O)O)CC1. The van der Waals surface area contributed by atoms with E-state index in [-0.39, 0.29) is 0 Å². The Hall–Kier alpha value is -1.25. The molecule has 0 fully saturated rings. The normalized spacial score (nSPS) is 16.8. The molecule has 0 aliphatic heterocycles. The fourth-order valence-electron chi connectivity index (χ4n) is 1.02. The van der Waals surface area contributed by atoms with E-state index in [9.17, 15) is 4.79 Å². The summed E-state index contributed by atoms with van der Waals surface area (Å²) in [6.45, 7) is 0. The molecule has 1 aliphatic carbocycles. The lowest BCUT2D eigenvalue weighted by Crippen LogP contribution is -2.11. The van der Waals surface area contributed by atoms with E-state index in [1.165, 1.54) is 0 Å². The van der Waals surface area contributed by atoms with E-state index in [4.69, 9.17) is 5.11 Å². The van der Waals surface area contributed by atoms with Crippen LogP contribution in [0.4, 0.5) is 0 Å². The van der Waals surface area contributed by atoms with Crippen molar-refractivity contribution in [3.05, 3.63) is 23.4 Å². The van der Waals surface area contributed by atoms with Crippen LogP contribution in [-0.2, 0) is 4.79 Å². The van der Waals surface area contributed by atoms with Gasteiger partial charge in [0, 0.05) is 18.3 Å². The van der Waals surface area contributed by atoms with E-state index in [0.717, 1.165) is 12.1 Å². The van der Waals surface area contributed by atoms with Gasteiger partial charge < -0.3 is 10.4 Å². The van der Waals surface area contributed by atoms with Crippen molar-refractivity contribution in [1.29, 1.82) is 0 Å². The maximum absolute atomic E-state index is 10.4. The minimum absolute atomic E-state index is 0.490.